The van der Waals surface area contributed by atoms with Crippen LogP contribution in [0.25, 0.3) is 5.65 Å². The minimum atomic E-state index is -0.554. The number of imidazole rings is 1. The van der Waals surface area contributed by atoms with Crippen molar-refractivity contribution in [3.8, 4) is 0 Å². The number of nitrogens with zero attached hydrogens (tertiary/aromatic N) is 2. The Morgan fingerprint density at radius 1 is 1.48 bits per heavy atom. The van der Waals surface area contributed by atoms with Crippen molar-refractivity contribution < 1.29 is 9.59 Å². The normalized spacial score (nSPS) is 18.7. The number of aromatic nitrogens is 2. The maximum atomic E-state index is 12.1. The molecule has 1 fully saturated rings. The van der Waals surface area contributed by atoms with Crippen LogP contribution in [0.5, 0.6) is 0 Å². The second kappa shape index (κ2) is 6.78. The van der Waals surface area contributed by atoms with Crippen molar-refractivity contribution in [2.75, 3.05) is 6.54 Å². The number of hydrogen-bond acceptors (Lipinski definition) is 4. The van der Waals surface area contributed by atoms with E-state index in [2.05, 4.69) is 20.9 Å². The quantitative estimate of drug-likeness (QED) is 0.736. The molecule has 2 amide bonds. The summed E-state index contributed by atoms with van der Waals surface area (Å²) in [5, 5.41) is 8.72. The molecule has 1 aliphatic rings. The van der Waals surface area contributed by atoms with E-state index >= 15 is 0 Å². The van der Waals surface area contributed by atoms with Gasteiger partial charge in [0.15, 0.2) is 0 Å². The molecule has 0 aromatic carbocycles. The Hall–Kier alpha value is -2.41. The third kappa shape index (κ3) is 3.68. The molecule has 3 rings (SSSR count). The molecule has 2 atom stereocenters. The lowest BCUT2D eigenvalue weighted by molar-refractivity contribution is -0.129. The van der Waals surface area contributed by atoms with Crippen LogP contribution in [0.2, 0.25) is 0 Å². The molecule has 1 unspecified atom stereocenters. The topological polar surface area (TPSA) is 87.5 Å². The zero-order valence-electron chi connectivity index (χ0n) is 13.1. The van der Waals surface area contributed by atoms with Crippen LogP contribution < -0.4 is 16.0 Å². The average molecular weight is 315 g/mol. The molecule has 2 aromatic rings. The fourth-order valence-electron chi connectivity index (χ4n) is 2.70. The van der Waals surface area contributed by atoms with Gasteiger partial charge in [0.05, 0.1) is 6.04 Å². The molecule has 2 aromatic heterocycles. The Balaban J connectivity index is 1.50. The third-order valence-electron chi connectivity index (χ3n) is 4.05. The molecular weight excluding hydrogens is 294 g/mol. The van der Waals surface area contributed by atoms with Gasteiger partial charge in [-0.15, -0.1) is 0 Å². The fourth-order valence-corrected chi connectivity index (χ4v) is 2.70. The van der Waals surface area contributed by atoms with Gasteiger partial charge in [0.1, 0.15) is 11.7 Å². The minimum absolute atomic E-state index is 0.106. The van der Waals surface area contributed by atoms with Gasteiger partial charge in [-0.2, -0.15) is 0 Å². The van der Waals surface area contributed by atoms with Crippen molar-refractivity contribution in [3.05, 3.63) is 36.3 Å². The summed E-state index contributed by atoms with van der Waals surface area (Å²) >= 11 is 0. The molecule has 122 valence electrons. The van der Waals surface area contributed by atoms with E-state index in [9.17, 15) is 9.59 Å². The SMILES string of the molecule is C[C@H](NC(=O)C1CCCN1)C(=O)NCc1ccc2nccn2c1. The van der Waals surface area contributed by atoms with Crippen LogP contribution in [0.15, 0.2) is 30.7 Å². The van der Waals surface area contributed by atoms with Crippen LogP contribution in [0, 0.1) is 0 Å². The zero-order valence-corrected chi connectivity index (χ0v) is 13.1. The number of amides is 2. The highest BCUT2D eigenvalue weighted by Gasteiger charge is 2.24. The Morgan fingerprint density at radius 2 is 2.35 bits per heavy atom. The number of nitrogens with one attached hydrogen (secondary N) is 3. The summed E-state index contributed by atoms with van der Waals surface area (Å²) in [5.41, 5.74) is 1.84. The van der Waals surface area contributed by atoms with Crippen molar-refractivity contribution in [1.29, 1.82) is 0 Å². The molecule has 0 bridgehead atoms. The van der Waals surface area contributed by atoms with Crippen LogP contribution in [0.1, 0.15) is 25.3 Å². The molecule has 23 heavy (non-hydrogen) atoms. The van der Waals surface area contributed by atoms with Gasteiger partial charge >= 0.3 is 0 Å². The maximum absolute atomic E-state index is 12.1. The monoisotopic (exact) mass is 315 g/mol. The van der Waals surface area contributed by atoms with Gasteiger partial charge in [-0.05, 0) is 37.9 Å². The molecule has 0 spiro atoms. The lowest BCUT2D eigenvalue weighted by Crippen LogP contribution is -2.49. The van der Waals surface area contributed by atoms with E-state index in [4.69, 9.17) is 0 Å². The van der Waals surface area contributed by atoms with Gasteiger partial charge in [0.25, 0.3) is 0 Å². The molecule has 3 N–H and O–H groups in total. The summed E-state index contributed by atoms with van der Waals surface area (Å²) in [6.07, 6.45) is 7.33. The number of fused-ring (bicyclic) bond motifs is 1. The Kier molecular flexibility index (Phi) is 4.57. The second-order valence-corrected chi connectivity index (χ2v) is 5.83. The zero-order chi connectivity index (χ0) is 16.2. The van der Waals surface area contributed by atoms with Crippen LogP contribution in [0.4, 0.5) is 0 Å². The first kappa shape index (κ1) is 15.5. The van der Waals surface area contributed by atoms with E-state index in [1.54, 1.807) is 13.1 Å². The van der Waals surface area contributed by atoms with Crippen LogP contribution >= 0.6 is 0 Å². The smallest absolute Gasteiger partial charge is 0.242 e. The first-order valence-corrected chi connectivity index (χ1v) is 7.86. The van der Waals surface area contributed by atoms with E-state index in [0.717, 1.165) is 30.6 Å². The highest BCUT2D eigenvalue weighted by molar-refractivity contribution is 5.89. The van der Waals surface area contributed by atoms with Crippen LogP contribution in [-0.4, -0.2) is 39.8 Å². The molecule has 7 nitrogen and oxygen atoms in total. The highest BCUT2D eigenvalue weighted by atomic mass is 16.2. The molecule has 1 saturated heterocycles. The van der Waals surface area contributed by atoms with Gasteiger partial charge in [0, 0.05) is 25.1 Å². The summed E-state index contributed by atoms with van der Waals surface area (Å²) in [6, 6.07) is 3.10. The molecule has 0 saturated carbocycles. The van der Waals surface area contributed by atoms with Gasteiger partial charge in [0.2, 0.25) is 11.8 Å². The molecule has 7 heteroatoms. The Bertz CT molecular complexity index is 705. The number of rotatable bonds is 5. The van der Waals surface area contributed by atoms with Crippen molar-refractivity contribution in [2.24, 2.45) is 0 Å². The van der Waals surface area contributed by atoms with Crippen molar-refractivity contribution in [3.63, 3.8) is 0 Å². The van der Waals surface area contributed by atoms with E-state index in [-0.39, 0.29) is 17.9 Å². The minimum Gasteiger partial charge on any atom is -0.350 e. The van der Waals surface area contributed by atoms with Gasteiger partial charge in [-0.3, -0.25) is 9.59 Å². The number of carbonyl (C=O) groups is 2. The van der Waals surface area contributed by atoms with Crippen LogP contribution in [0.3, 0.4) is 0 Å². The largest absolute Gasteiger partial charge is 0.350 e. The van der Waals surface area contributed by atoms with Crippen molar-refractivity contribution in [2.45, 2.75) is 38.4 Å². The predicted octanol–water partition coefficient (Wildman–Crippen LogP) is 0.207. The van der Waals surface area contributed by atoms with Crippen LogP contribution in [-0.2, 0) is 16.1 Å². The first-order chi connectivity index (χ1) is 11.1. The number of pyridine rings is 1. The maximum Gasteiger partial charge on any atom is 0.242 e. The number of carbonyl (C=O) groups excluding carboxylic acids is 2. The van der Waals surface area contributed by atoms with E-state index in [1.807, 2.05) is 28.9 Å². The summed E-state index contributed by atoms with van der Waals surface area (Å²) in [7, 11) is 0. The van der Waals surface area contributed by atoms with Gasteiger partial charge in [-0.25, -0.2) is 4.98 Å². The van der Waals surface area contributed by atoms with Gasteiger partial charge in [-0.1, -0.05) is 6.07 Å². The van der Waals surface area contributed by atoms with E-state index in [0.29, 0.717) is 6.54 Å². The molecule has 0 aliphatic carbocycles. The predicted molar refractivity (Wildman–Crippen MR) is 85.7 cm³/mol. The molecule has 1 aliphatic heterocycles. The first-order valence-electron chi connectivity index (χ1n) is 7.86. The summed E-state index contributed by atoms with van der Waals surface area (Å²) < 4.78 is 1.90. The second-order valence-electron chi connectivity index (χ2n) is 5.83. The standard InChI is InChI=1S/C16H21N5O2/c1-11(20-16(23)13-3-2-6-17-13)15(22)19-9-12-4-5-14-18-7-8-21(14)10-12/h4-5,7-8,10-11,13,17H,2-3,6,9H2,1H3,(H,19,22)(H,20,23)/t11-,13?/m0/s1. The number of hydrogen-bond donors (Lipinski definition) is 3. The lowest BCUT2D eigenvalue weighted by atomic mass is 10.2. The van der Waals surface area contributed by atoms with Crippen molar-refractivity contribution >= 4 is 17.5 Å². The highest BCUT2D eigenvalue weighted by Crippen LogP contribution is 2.06. The lowest BCUT2D eigenvalue weighted by Gasteiger charge is -2.17. The Labute approximate surface area is 134 Å². The van der Waals surface area contributed by atoms with Gasteiger partial charge < -0.3 is 20.4 Å². The summed E-state index contributed by atoms with van der Waals surface area (Å²) in [5.74, 6) is -0.299. The van der Waals surface area contributed by atoms with E-state index in [1.165, 1.54) is 0 Å². The molecule has 3 heterocycles. The van der Waals surface area contributed by atoms with Crippen molar-refractivity contribution in [1.82, 2.24) is 25.3 Å². The molecule has 0 radical (unpaired) electrons. The third-order valence-corrected chi connectivity index (χ3v) is 4.05. The fraction of sp³-hybridized carbons (Fsp3) is 0.438. The Morgan fingerprint density at radius 3 is 3.13 bits per heavy atom. The van der Waals surface area contributed by atoms with E-state index < -0.39 is 6.04 Å². The summed E-state index contributed by atoms with van der Waals surface area (Å²) in [4.78, 5) is 28.3. The summed E-state index contributed by atoms with van der Waals surface area (Å²) in [6.45, 7) is 2.96. The molecular formula is C16H21N5O2. The average Bonchev–Trinajstić information content (AvgIpc) is 3.22.